The highest BCUT2D eigenvalue weighted by Gasteiger charge is 2.42. The first-order valence-corrected chi connectivity index (χ1v) is 10.3. The zero-order valence-electron chi connectivity index (χ0n) is 17.0. The van der Waals surface area contributed by atoms with E-state index < -0.39 is 5.97 Å². The van der Waals surface area contributed by atoms with E-state index >= 15 is 0 Å². The summed E-state index contributed by atoms with van der Waals surface area (Å²) >= 11 is 0. The molecule has 2 amide bonds. The fraction of sp³-hybridized carbons (Fsp3) is 0.292. The van der Waals surface area contributed by atoms with Gasteiger partial charge in [0.1, 0.15) is 5.70 Å². The number of imide groups is 1. The van der Waals surface area contributed by atoms with Gasteiger partial charge in [-0.3, -0.25) is 9.59 Å². The van der Waals surface area contributed by atoms with E-state index in [9.17, 15) is 14.4 Å². The summed E-state index contributed by atoms with van der Waals surface area (Å²) in [6.45, 7) is 3.81. The molecule has 2 aliphatic rings. The number of amides is 2. The van der Waals surface area contributed by atoms with Crippen LogP contribution in [0.15, 0.2) is 60.3 Å². The molecule has 0 bridgehead atoms. The Morgan fingerprint density at radius 1 is 0.933 bits per heavy atom. The van der Waals surface area contributed by atoms with Gasteiger partial charge in [-0.1, -0.05) is 37.3 Å². The van der Waals surface area contributed by atoms with E-state index in [1.807, 2.05) is 42.2 Å². The quantitative estimate of drug-likeness (QED) is 0.543. The van der Waals surface area contributed by atoms with E-state index in [1.54, 1.807) is 24.3 Å². The minimum atomic E-state index is -0.414. The van der Waals surface area contributed by atoms with Crippen LogP contribution in [0.3, 0.4) is 0 Å². The second-order valence-electron chi connectivity index (χ2n) is 7.41. The van der Waals surface area contributed by atoms with Crippen LogP contribution in [-0.2, 0) is 14.3 Å². The topological polar surface area (TPSA) is 66.9 Å². The Bertz CT molecular complexity index is 990. The number of nitrogens with zero attached hydrogens (tertiary/aromatic N) is 2. The number of carbonyl (C=O) groups excluding carboxylic acids is 3. The van der Waals surface area contributed by atoms with Crippen molar-refractivity contribution in [2.24, 2.45) is 0 Å². The van der Waals surface area contributed by atoms with Crippen LogP contribution in [0, 0.1) is 0 Å². The number of anilines is 1. The predicted molar refractivity (Wildman–Crippen MR) is 114 cm³/mol. The third kappa shape index (κ3) is 3.61. The Morgan fingerprint density at radius 3 is 2.23 bits per heavy atom. The molecule has 0 atom stereocenters. The third-order valence-corrected chi connectivity index (χ3v) is 5.34. The molecule has 4 rings (SSSR count). The van der Waals surface area contributed by atoms with Gasteiger partial charge in [0, 0.05) is 13.1 Å². The lowest BCUT2D eigenvalue weighted by Gasteiger charge is -2.20. The third-order valence-electron chi connectivity index (χ3n) is 5.34. The highest BCUT2D eigenvalue weighted by Crippen LogP contribution is 2.36. The summed E-state index contributed by atoms with van der Waals surface area (Å²) in [6, 6.07) is 15.7. The maximum absolute atomic E-state index is 13.4. The maximum Gasteiger partial charge on any atom is 0.338 e. The zero-order chi connectivity index (χ0) is 21.1. The monoisotopic (exact) mass is 404 g/mol. The smallest absolute Gasteiger partial charge is 0.338 e. The van der Waals surface area contributed by atoms with Gasteiger partial charge in [0.15, 0.2) is 0 Å². The molecule has 2 aliphatic heterocycles. The van der Waals surface area contributed by atoms with Crippen molar-refractivity contribution in [1.82, 2.24) is 4.90 Å². The average Bonchev–Trinajstić information content (AvgIpc) is 3.39. The summed E-state index contributed by atoms with van der Waals surface area (Å²) in [7, 11) is 0. The zero-order valence-corrected chi connectivity index (χ0v) is 17.0. The van der Waals surface area contributed by atoms with Crippen molar-refractivity contribution in [3.05, 3.63) is 71.4 Å². The second kappa shape index (κ2) is 8.53. The molecule has 0 N–H and O–H groups in total. The number of hydrogen-bond donors (Lipinski definition) is 0. The minimum Gasteiger partial charge on any atom is -0.462 e. The average molecular weight is 404 g/mol. The molecule has 2 aromatic rings. The SMILES string of the molecule is CCCOC(=O)c1ccc(N2C(=O)C(c3ccccc3)=C(N3CCCC3)C2=O)cc1. The van der Waals surface area contributed by atoms with Crippen molar-refractivity contribution in [1.29, 1.82) is 0 Å². The van der Waals surface area contributed by atoms with E-state index in [1.165, 1.54) is 4.90 Å². The van der Waals surface area contributed by atoms with Gasteiger partial charge in [-0.2, -0.15) is 0 Å². The van der Waals surface area contributed by atoms with Crippen LogP contribution >= 0.6 is 0 Å². The number of rotatable bonds is 6. The molecule has 0 aromatic heterocycles. The summed E-state index contributed by atoms with van der Waals surface area (Å²) in [5.74, 6) is -1.07. The molecule has 0 aliphatic carbocycles. The van der Waals surface area contributed by atoms with Crippen LogP contribution in [0.25, 0.3) is 5.57 Å². The number of hydrogen-bond acceptors (Lipinski definition) is 5. The molecular weight excluding hydrogens is 380 g/mol. The lowest BCUT2D eigenvalue weighted by atomic mass is 10.0. The summed E-state index contributed by atoms with van der Waals surface area (Å²) in [6.07, 6.45) is 2.75. The Balaban J connectivity index is 1.67. The van der Waals surface area contributed by atoms with E-state index in [0.717, 1.165) is 37.9 Å². The van der Waals surface area contributed by atoms with Crippen LogP contribution in [0.5, 0.6) is 0 Å². The first kappa shape index (κ1) is 19.9. The molecule has 0 unspecified atom stereocenters. The molecule has 1 fully saturated rings. The van der Waals surface area contributed by atoms with Gasteiger partial charge >= 0.3 is 5.97 Å². The van der Waals surface area contributed by atoms with Crippen LogP contribution in [0.2, 0.25) is 0 Å². The van der Waals surface area contributed by atoms with Crippen molar-refractivity contribution < 1.29 is 19.1 Å². The van der Waals surface area contributed by atoms with E-state index in [-0.39, 0.29) is 11.8 Å². The molecule has 30 heavy (non-hydrogen) atoms. The highest BCUT2D eigenvalue weighted by molar-refractivity contribution is 6.45. The summed E-state index contributed by atoms with van der Waals surface area (Å²) in [5.41, 5.74) is 2.48. The van der Waals surface area contributed by atoms with Gasteiger partial charge in [0.25, 0.3) is 11.8 Å². The molecule has 0 radical (unpaired) electrons. The first-order valence-electron chi connectivity index (χ1n) is 10.3. The normalized spacial score (nSPS) is 16.6. The van der Waals surface area contributed by atoms with Crippen LogP contribution in [-0.4, -0.2) is 42.4 Å². The molecule has 0 spiro atoms. The van der Waals surface area contributed by atoms with Crippen molar-refractivity contribution in [2.45, 2.75) is 26.2 Å². The number of esters is 1. The molecule has 0 saturated carbocycles. The first-order chi connectivity index (χ1) is 14.6. The summed E-state index contributed by atoms with van der Waals surface area (Å²) in [4.78, 5) is 42.0. The van der Waals surface area contributed by atoms with Gasteiger partial charge < -0.3 is 9.64 Å². The second-order valence-corrected chi connectivity index (χ2v) is 7.41. The van der Waals surface area contributed by atoms with Crippen molar-refractivity contribution in [3.8, 4) is 0 Å². The molecule has 1 saturated heterocycles. The number of carbonyl (C=O) groups is 3. The standard InChI is InChI=1S/C24H24N2O4/c1-2-16-30-24(29)18-10-12-19(13-11-18)26-22(27)20(17-8-4-3-5-9-17)21(23(26)28)25-14-6-7-15-25/h3-5,8-13H,2,6-7,14-16H2,1H3. The molecule has 2 aromatic carbocycles. The molecule has 154 valence electrons. The van der Waals surface area contributed by atoms with E-state index in [4.69, 9.17) is 4.74 Å². The minimum absolute atomic E-state index is 0.318. The Labute approximate surface area is 175 Å². The molecular formula is C24H24N2O4. The Hall–Kier alpha value is -3.41. The maximum atomic E-state index is 13.4. The van der Waals surface area contributed by atoms with Gasteiger partial charge in [0.2, 0.25) is 0 Å². The number of likely N-dealkylation sites (tertiary alicyclic amines) is 1. The number of ether oxygens (including phenoxy) is 1. The molecule has 2 heterocycles. The lowest BCUT2D eigenvalue weighted by molar-refractivity contribution is -0.120. The Morgan fingerprint density at radius 2 is 1.60 bits per heavy atom. The van der Waals surface area contributed by atoms with Crippen molar-refractivity contribution >= 4 is 29.0 Å². The number of benzene rings is 2. The summed E-state index contributed by atoms with van der Waals surface area (Å²) < 4.78 is 5.14. The van der Waals surface area contributed by atoms with Crippen LogP contribution in [0.4, 0.5) is 5.69 Å². The fourth-order valence-electron chi connectivity index (χ4n) is 3.88. The van der Waals surface area contributed by atoms with Gasteiger partial charge in [-0.15, -0.1) is 0 Å². The van der Waals surface area contributed by atoms with Gasteiger partial charge in [-0.25, -0.2) is 9.69 Å². The Kier molecular flexibility index (Phi) is 5.65. The molecule has 6 heteroatoms. The highest BCUT2D eigenvalue weighted by atomic mass is 16.5. The largest absolute Gasteiger partial charge is 0.462 e. The van der Waals surface area contributed by atoms with Gasteiger partial charge in [0.05, 0.1) is 23.4 Å². The van der Waals surface area contributed by atoms with Crippen molar-refractivity contribution in [3.63, 3.8) is 0 Å². The van der Waals surface area contributed by atoms with E-state index in [0.29, 0.717) is 29.1 Å². The van der Waals surface area contributed by atoms with Gasteiger partial charge in [-0.05, 0) is 49.1 Å². The fourth-order valence-corrected chi connectivity index (χ4v) is 3.88. The lowest BCUT2D eigenvalue weighted by Crippen LogP contribution is -2.34. The summed E-state index contributed by atoms with van der Waals surface area (Å²) in [5, 5.41) is 0. The van der Waals surface area contributed by atoms with Crippen LogP contribution in [0.1, 0.15) is 42.1 Å². The molecule has 6 nitrogen and oxygen atoms in total. The van der Waals surface area contributed by atoms with Crippen molar-refractivity contribution in [2.75, 3.05) is 24.6 Å². The van der Waals surface area contributed by atoms with E-state index in [2.05, 4.69) is 0 Å². The van der Waals surface area contributed by atoms with Crippen LogP contribution < -0.4 is 4.90 Å². The predicted octanol–water partition coefficient (Wildman–Crippen LogP) is 3.63.